The maximum atomic E-state index is 4.59. The van der Waals surface area contributed by atoms with E-state index in [0.29, 0.717) is 0 Å². The molecule has 0 radical (unpaired) electrons. The van der Waals surface area contributed by atoms with Gasteiger partial charge in [0.05, 0.1) is 0 Å². The zero-order valence-electron chi connectivity index (χ0n) is 33.5. The van der Waals surface area contributed by atoms with E-state index in [1.807, 2.05) is 0 Å². The molecule has 0 aliphatic rings. The predicted octanol–water partition coefficient (Wildman–Crippen LogP) is 17.0. The monoisotopic (exact) mass is 668 g/mol. The van der Waals surface area contributed by atoms with Crippen LogP contribution in [0.1, 0.15) is 269 Å². The summed E-state index contributed by atoms with van der Waals surface area (Å²) in [5.74, 6) is 0. The minimum atomic E-state index is 1.22. The number of rotatable bonds is 40. The van der Waals surface area contributed by atoms with Crippen molar-refractivity contribution in [3.63, 3.8) is 0 Å². The fourth-order valence-corrected chi connectivity index (χ4v) is 7.63. The second kappa shape index (κ2) is 38.9. The zero-order chi connectivity index (χ0) is 34.3. The van der Waals surface area contributed by atoms with Crippen LogP contribution in [-0.2, 0) is 12.8 Å². The summed E-state index contributed by atoms with van der Waals surface area (Å²) in [5, 5.41) is 0. The molecule has 0 bridgehead atoms. The Kier molecular flexibility index (Phi) is 36.6. The first kappa shape index (κ1) is 45.2. The van der Waals surface area contributed by atoms with E-state index in [1.165, 1.54) is 268 Å². The summed E-state index contributed by atoms with van der Waals surface area (Å²) < 4.78 is 0. The van der Waals surface area contributed by atoms with Gasteiger partial charge in [0.15, 0.2) is 0 Å². The van der Waals surface area contributed by atoms with Crippen molar-refractivity contribution >= 4 is 0 Å². The Bertz CT molecular complexity index is 668. The van der Waals surface area contributed by atoms with E-state index in [9.17, 15) is 0 Å². The van der Waals surface area contributed by atoms with Crippen LogP contribution in [0.5, 0.6) is 0 Å². The standard InChI is InChI=1S/C47H89N/c1-3-5-7-9-11-13-15-17-19-21-23-25-27-29-31-33-35-37-39-41-46-43-47(45-48-44-46)42-40-38-36-34-32-30-28-26-24-22-20-18-16-14-12-10-8-6-4-2/h43-45H,3-42H2,1-2H3. The first-order valence-electron chi connectivity index (χ1n) is 22.8. The van der Waals surface area contributed by atoms with Crippen LogP contribution in [0.25, 0.3) is 0 Å². The van der Waals surface area contributed by atoms with E-state index in [0.717, 1.165) is 0 Å². The van der Waals surface area contributed by atoms with Crippen LogP contribution < -0.4 is 0 Å². The third kappa shape index (κ3) is 33.6. The summed E-state index contributed by atoms with van der Waals surface area (Å²) in [6.07, 6.45) is 61.7. The Labute approximate surface area is 304 Å². The Morgan fingerprint density at radius 3 is 0.667 bits per heavy atom. The summed E-state index contributed by atoms with van der Waals surface area (Å²) in [4.78, 5) is 4.59. The SMILES string of the molecule is CCCCCCCCCCCCCCCCCCCCCc1cncc(CCCCCCCCCCCCCCCCCCCCC)c1. The van der Waals surface area contributed by atoms with Gasteiger partial charge in [-0.1, -0.05) is 251 Å². The highest BCUT2D eigenvalue weighted by Crippen LogP contribution is 2.18. The van der Waals surface area contributed by atoms with Crippen LogP contribution in [0.4, 0.5) is 0 Å². The van der Waals surface area contributed by atoms with Crippen LogP contribution in [0, 0.1) is 0 Å². The molecule has 1 heteroatoms. The van der Waals surface area contributed by atoms with Gasteiger partial charge in [0.25, 0.3) is 0 Å². The molecule has 0 spiro atoms. The van der Waals surface area contributed by atoms with Gasteiger partial charge in [-0.2, -0.15) is 0 Å². The van der Waals surface area contributed by atoms with Crippen LogP contribution in [-0.4, -0.2) is 4.98 Å². The lowest BCUT2D eigenvalue weighted by Crippen LogP contribution is -1.93. The fraction of sp³-hybridized carbons (Fsp3) is 0.894. The van der Waals surface area contributed by atoms with Crippen LogP contribution in [0.3, 0.4) is 0 Å². The summed E-state index contributed by atoms with van der Waals surface area (Å²) in [5.41, 5.74) is 2.94. The van der Waals surface area contributed by atoms with E-state index in [-0.39, 0.29) is 0 Å². The highest BCUT2D eigenvalue weighted by Gasteiger charge is 2.01. The molecule has 0 unspecified atom stereocenters. The Hall–Kier alpha value is -0.850. The largest absolute Gasteiger partial charge is 0.264 e. The van der Waals surface area contributed by atoms with Crippen LogP contribution in [0.2, 0.25) is 0 Å². The molecule has 0 atom stereocenters. The normalized spacial score (nSPS) is 11.5. The smallest absolute Gasteiger partial charge is 0.0300 e. The molecule has 0 amide bonds. The number of hydrogen-bond donors (Lipinski definition) is 0. The second-order valence-corrected chi connectivity index (χ2v) is 15.9. The molecule has 0 aliphatic carbocycles. The number of aryl methyl sites for hydroxylation is 2. The number of pyridine rings is 1. The highest BCUT2D eigenvalue weighted by atomic mass is 14.6. The molecule has 0 N–H and O–H groups in total. The Morgan fingerprint density at radius 1 is 0.271 bits per heavy atom. The van der Waals surface area contributed by atoms with Crippen molar-refractivity contribution in [1.29, 1.82) is 0 Å². The predicted molar refractivity (Wildman–Crippen MR) is 218 cm³/mol. The van der Waals surface area contributed by atoms with Gasteiger partial charge in [-0.25, -0.2) is 0 Å². The molecule has 1 heterocycles. The molecule has 0 fully saturated rings. The van der Waals surface area contributed by atoms with E-state index in [1.54, 1.807) is 0 Å². The summed E-state index contributed by atoms with van der Waals surface area (Å²) in [6.45, 7) is 4.62. The van der Waals surface area contributed by atoms with E-state index < -0.39 is 0 Å². The lowest BCUT2D eigenvalue weighted by molar-refractivity contribution is 0.523. The van der Waals surface area contributed by atoms with Crippen LogP contribution in [0.15, 0.2) is 18.5 Å². The second-order valence-electron chi connectivity index (χ2n) is 15.9. The minimum Gasteiger partial charge on any atom is -0.264 e. The van der Waals surface area contributed by atoms with Crippen molar-refractivity contribution in [2.75, 3.05) is 0 Å². The average Bonchev–Trinajstić information content (AvgIpc) is 3.10. The molecule has 0 saturated carbocycles. The Morgan fingerprint density at radius 2 is 0.458 bits per heavy atom. The van der Waals surface area contributed by atoms with Crippen LogP contribution >= 0.6 is 0 Å². The van der Waals surface area contributed by atoms with Gasteiger partial charge in [-0.05, 0) is 36.8 Å². The summed E-state index contributed by atoms with van der Waals surface area (Å²) in [6, 6.07) is 2.45. The Balaban J connectivity index is 1.81. The quantitative estimate of drug-likeness (QED) is 0.0635. The van der Waals surface area contributed by atoms with E-state index >= 15 is 0 Å². The summed E-state index contributed by atoms with van der Waals surface area (Å²) in [7, 11) is 0. The average molecular weight is 668 g/mol. The molecule has 0 saturated heterocycles. The zero-order valence-corrected chi connectivity index (χ0v) is 33.5. The van der Waals surface area contributed by atoms with E-state index in [2.05, 4.69) is 37.3 Å². The number of aromatic nitrogens is 1. The van der Waals surface area contributed by atoms with Gasteiger partial charge >= 0.3 is 0 Å². The van der Waals surface area contributed by atoms with Gasteiger partial charge in [0.2, 0.25) is 0 Å². The third-order valence-electron chi connectivity index (χ3n) is 11.0. The lowest BCUT2D eigenvalue weighted by Gasteiger charge is -2.06. The van der Waals surface area contributed by atoms with E-state index in [4.69, 9.17) is 0 Å². The number of nitrogens with zero attached hydrogens (tertiary/aromatic N) is 1. The first-order chi connectivity index (χ1) is 23.9. The van der Waals surface area contributed by atoms with Crippen molar-refractivity contribution in [1.82, 2.24) is 4.98 Å². The van der Waals surface area contributed by atoms with Gasteiger partial charge in [-0.15, -0.1) is 0 Å². The minimum absolute atomic E-state index is 1.22. The summed E-state index contributed by atoms with van der Waals surface area (Å²) >= 11 is 0. The third-order valence-corrected chi connectivity index (χ3v) is 11.0. The maximum Gasteiger partial charge on any atom is 0.0300 e. The van der Waals surface area contributed by atoms with Gasteiger partial charge < -0.3 is 0 Å². The number of unbranched alkanes of at least 4 members (excludes halogenated alkanes) is 36. The molecular formula is C47H89N. The van der Waals surface area contributed by atoms with Crippen molar-refractivity contribution in [3.05, 3.63) is 29.6 Å². The maximum absolute atomic E-state index is 4.59. The van der Waals surface area contributed by atoms with Gasteiger partial charge in [-0.3, -0.25) is 4.98 Å². The van der Waals surface area contributed by atoms with Gasteiger partial charge in [0, 0.05) is 12.4 Å². The van der Waals surface area contributed by atoms with Crippen molar-refractivity contribution in [3.8, 4) is 0 Å². The number of hydrogen-bond acceptors (Lipinski definition) is 1. The van der Waals surface area contributed by atoms with Crippen molar-refractivity contribution < 1.29 is 0 Å². The molecule has 1 aromatic heterocycles. The first-order valence-corrected chi connectivity index (χ1v) is 22.8. The van der Waals surface area contributed by atoms with Crippen molar-refractivity contribution in [2.45, 2.75) is 271 Å². The molecule has 1 aromatic rings. The lowest BCUT2D eigenvalue weighted by atomic mass is 10.0. The molecule has 0 aliphatic heterocycles. The molecule has 282 valence electrons. The molecule has 1 rings (SSSR count). The van der Waals surface area contributed by atoms with Crippen molar-refractivity contribution in [2.24, 2.45) is 0 Å². The molecule has 48 heavy (non-hydrogen) atoms. The molecular weight excluding hydrogens is 579 g/mol. The topological polar surface area (TPSA) is 12.9 Å². The molecule has 0 aromatic carbocycles. The highest BCUT2D eigenvalue weighted by molar-refractivity contribution is 5.18. The molecule has 1 nitrogen and oxygen atoms in total. The fourth-order valence-electron chi connectivity index (χ4n) is 7.63. The van der Waals surface area contributed by atoms with Gasteiger partial charge in [0.1, 0.15) is 0 Å².